The van der Waals surface area contributed by atoms with Crippen molar-refractivity contribution in [2.45, 2.75) is 25.8 Å². The lowest BCUT2D eigenvalue weighted by molar-refractivity contribution is 0.266. The van der Waals surface area contributed by atoms with Gasteiger partial charge in [-0.05, 0) is 32.7 Å². The Balaban J connectivity index is 2.26. The van der Waals surface area contributed by atoms with E-state index in [2.05, 4.69) is 18.9 Å². The van der Waals surface area contributed by atoms with E-state index in [9.17, 15) is 0 Å². The second kappa shape index (κ2) is 3.50. The van der Waals surface area contributed by atoms with Crippen molar-refractivity contribution in [2.75, 3.05) is 13.6 Å². The molecule has 0 radical (unpaired) electrons. The van der Waals surface area contributed by atoms with Crippen LogP contribution in [-0.4, -0.2) is 29.5 Å². The van der Waals surface area contributed by atoms with Crippen molar-refractivity contribution >= 4 is 17.2 Å². The fourth-order valence-corrected chi connectivity index (χ4v) is 1.53. The van der Waals surface area contributed by atoms with Crippen LogP contribution in [0.15, 0.2) is 0 Å². The molecule has 0 aromatic rings. The third kappa shape index (κ3) is 2.75. The summed E-state index contributed by atoms with van der Waals surface area (Å²) in [7, 11) is 2.09. The van der Waals surface area contributed by atoms with Gasteiger partial charge in [0, 0.05) is 12.6 Å². The minimum Gasteiger partial charge on any atom is -0.392 e. The van der Waals surface area contributed by atoms with Gasteiger partial charge < -0.3 is 5.73 Å². The van der Waals surface area contributed by atoms with E-state index >= 15 is 0 Å². The first-order valence-electron chi connectivity index (χ1n) is 4.10. The van der Waals surface area contributed by atoms with Crippen LogP contribution in [0, 0.1) is 5.92 Å². The number of thiocarbonyl (C=S) groups is 1. The zero-order valence-corrected chi connectivity index (χ0v) is 8.03. The van der Waals surface area contributed by atoms with E-state index in [4.69, 9.17) is 18.0 Å². The molecule has 1 atom stereocenters. The van der Waals surface area contributed by atoms with Gasteiger partial charge in [0.2, 0.25) is 0 Å². The van der Waals surface area contributed by atoms with Gasteiger partial charge in [0.1, 0.15) is 0 Å². The molecule has 0 saturated heterocycles. The van der Waals surface area contributed by atoms with Gasteiger partial charge in [-0.3, -0.25) is 4.90 Å². The first kappa shape index (κ1) is 8.94. The zero-order chi connectivity index (χ0) is 8.43. The summed E-state index contributed by atoms with van der Waals surface area (Å²) in [6.07, 6.45) is 2.76. The summed E-state index contributed by atoms with van der Waals surface area (Å²) in [6.45, 7) is 3.00. The Morgan fingerprint density at radius 2 is 2.27 bits per heavy atom. The molecule has 64 valence electrons. The van der Waals surface area contributed by atoms with E-state index in [-0.39, 0.29) is 0 Å². The lowest BCUT2D eigenvalue weighted by Gasteiger charge is -2.23. The van der Waals surface area contributed by atoms with Crippen molar-refractivity contribution in [1.29, 1.82) is 0 Å². The van der Waals surface area contributed by atoms with Gasteiger partial charge in [0.15, 0.2) is 0 Å². The lowest BCUT2D eigenvalue weighted by atomic mass is 10.2. The maximum Gasteiger partial charge on any atom is 0.0870 e. The fraction of sp³-hybridized carbons (Fsp3) is 0.875. The Hall–Kier alpha value is -0.150. The van der Waals surface area contributed by atoms with Gasteiger partial charge in [0.25, 0.3) is 0 Å². The van der Waals surface area contributed by atoms with Gasteiger partial charge in [-0.1, -0.05) is 12.2 Å². The summed E-state index contributed by atoms with van der Waals surface area (Å²) < 4.78 is 0. The Morgan fingerprint density at radius 3 is 2.64 bits per heavy atom. The fourth-order valence-electron chi connectivity index (χ4n) is 1.33. The molecule has 1 rings (SSSR count). The van der Waals surface area contributed by atoms with Crippen LogP contribution in [0.2, 0.25) is 0 Å². The van der Waals surface area contributed by atoms with Gasteiger partial charge >= 0.3 is 0 Å². The number of hydrogen-bond acceptors (Lipinski definition) is 2. The summed E-state index contributed by atoms with van der Waals surface area (Å²) in [5.74, 6) is 0.898. The number of rotatable bonds is 4. The molecule has 0 aromatic heterocycles. The minimum absolute atomic E-state index is 0.597. The molecule has 2 N–H and O–H groups in total. The van der Waals surface area contributed by atoms with Crippen molar-refractivity contribution in [3.05, 3.63) is 0 Å². The molecule has 0 aliphatic heterocycles. The number of nitrogens with two attached hydrogens (primary N) is 1. The summed E-state index contributed by atoms with van der Waals surface area (Å²) in [5, 5.41) is 0. The second-order valence-corrected chi connectivity index (χ2v) is 3.98. The SMILES string of the molecule is CC(C1CC1)N(C)CC(N)=S. The highest BCUT2D eigenvalue weighted by Gasteiger charge is 2.30. The van der Waals surface area contributed by atoms with E-state index < -0.39 is 0 Å². The summed E-state index contributed by atoms with van der Waals surface area (Å²) in [5.41, 5.74) is 5.44. The molecule has 0 spiro atoms. The second-order valence-electron chi connectivity index (χ2n) is 3.46. The lowest BCUT2D eigenvalue weighted by Crippen LogP contribution is -2.37. The Labute approximate surface area is 73.7 Å². The molecule has 0 aromatic carbocycles. The highest BCUT2D eigenvalue weighted by Crippen LogP contribution is 2.34. The Kier molecular flexibility index (Phi) is 2.84. The van der Waals surface area contributed by atoms with Crippen LogP contribution in [0.3, 0.4) is 0 Å². The largest absolute Gasteiger partial charge is 0.392 e. The molecule has 1 aliphatic carbocycles. The number of hydrogen-bond donors (Lipinski definition) is 1. The average Bonchev–Trinajstić information content (AvgIpc) is 2.65. The van der Waals surface area contributed by atoms with Crippen LogP contribution in [0.25, 0.3) is 0 Å². The summed E-state index contributed by atoms with van der Waals surface area (Å²) in [6, 6.07) is 0.650. The molecule has 1 aliphatic rings. The first-order chi connectivity index (χ1) is 5.11. The monoisotopic (exact) mass is 172 g/mol. The van der Waals surface area contributed by atoms with Crippen LogP contribution < -0.4 is 5.73 Å². The van der Waals surface area contributed by atoms with E-state index in [1.165, 1.54) is 12.8 Å². The maximum absolute atomic E-state index is 5.44. The van der Waals surface area contributed by atoms with E-state index in [0.717, 1.165) is 12.5 Å². The van der Waals surface area contributed by atoms with Crippen LogP contribution >= 0.6 is 12.2 Å². The normalized spacial score (nSPS) is 20.3. The van der Waals surface area contributed by atoms with Crippen LogP contribution in [0.5, 0.6) is 0 Å². The van der Waals surface area contributed by atoms with E-state index in [1.54, 1.807) is 0 Å². The molecule has 0 amide bonds. The third-order valence-electron chi connectivity index (χ3n) is 2.40. The molecule has 0 bridgehead atoms. The summed E-state index contributed by atoms with van der Waals surface area (Å²) >= 11 is 4.83. The average molecular weight is 172 g/mol. The Morgan fingerprint density at radius 1 is 1.73 bits per heavy atom. The molecule has 2 nitrogen and oxygen atoms in total. The van der Waals surface area contributed by atoms with Gasteiger partial charge in [-0.15, -0.1) is 0 Å². The molecule has 11 heavy (non-hydrogen) atoms. The van der Waals surface area contributed by atoms with Crippen molar-refractivity contribution in [3.63, 3.8) is 0 Å². The molecule has 1 fully saturated rings. The standard InChI is InChI=1S/C8H16N2S/c1-6(7-3-4-7)10(2)5-8(9)11/h6-7H,3-5H2,1-2H3,(H2,9,11). The molecule has 1 saturated carbocycles. The van der Waals surface area contributed by atoms with E-state index in [1.807, 2.05) is 0 Å². The van der Waals surface area contributed by atoms with Crippen LogP contribution in [0.1, 0.15) is 19.8 Å². The predicted molar refractivity (Wildman–Crippen MR) is 51.6 cm³/mol. The third-order valence-corrected chi connectivity index (χ3v) is 2.53. The number of nitrogens with zero attached hydrogens (tertiary/aromatic N) is 1. The molecule has 0 heterocycles. The van der Waals surface area contributed by atoms with Gasteiger partial charge in [-0.2, -0.15) is 0 Å². The van der Waals surface area contributed by atoms with Crippen molar-refractivity contribution < 1.29 is 0 Å². The topological polar surface area (TPSA) is 29.3 Å². The van der Waals surface area contributed by atoms with Crippen molar-refractivity contribution in [2.24, 2.45) is 11.7 Å². The van der Waals surface area contributed by atoms with Gasteiger partial charge in [-0.25, -0.2) is 0 Å². The molecular formula is C8H16N2S. The zero-order valence-electron chi connectivity index (χ0n) is 7.21. The van der Waals surface area contributed by atoms with Crippen LogP contribution in [-0.2, 0) is 0 Å². The maximum atomic E-state index is 5.44. The van der Waals surface area contributed by atoms with Crippen molar-refractivity contribution in [3.8, 4) is 0 Å². The number of likely N-dealkylation sites (N-methyl/N-ethyl adjacent to an activating group) is 1. The minimum atomic E-state index is 0.597. The van der Waals surface area contributed by atoms with Crippen molar-refractivity contribution in [1.82, 2.24) is 4.90 Å². The van der Waals surface area contributed by atoms with E-state index in [0.29, 0.717) is 11.0 Å². The predicted octanol–water partition coefficient (Wildman–Crippen LogP) is 1.00. The highest BCUT2D eigenvalue weighted by molar-refractivity contribution is 7.80. The quantitative estimate of drug-likeness (QED) is 0.642. The molecular weight excluding hydrogens is 156 g/mol. The molecule has 3 heteroatoms. The highest BCUT2D eigenvalue weighted by atomic mass is 32.1. The summed E-state index contributed by atoms with van der Waals surface area (Å²) in [4.78, 5) is 2.83. The van der Waals surface area contributed by atoms with Crippen LogP contribution in [0.4, 0.5) is 0 Å². The first-order valence-corrected chi connectivity index (χ1v) is 4.50. The Bertz CT molecular complexity index is 154. The molecule has 1 unspecified atom stereocenters. The smallest absolute Gasteiger partial charge is 0.0870 e. The van der Waals surface area contributed by atoms with Gasteiger partial charge in [0.05, 0.1) is 4.99 Å².